The van der Waals surface area contributed by atoms with Crippen LogP contribution in [0.15, 0.2) is 12.2 Å². The lowest BCUT2D eigenvalue weighted by molar-refractivity contribution is 0.694. The topological polar surface area (TPSA) is 52.0 Å². The Morgan fingerprint density at radius 1 is 0.667 bits per heavy atom. The molecular weight excluding hydrogens is 148 g/mol. The first-order valence-corrected chi connectivity index (χ1v) is 4.97. The van der Waals surface area contributed by atoms with Crippen LogP contribution in [0.4, 0.5) is 0 Å². The smallest absolute Gasteiger partial charge is 0.00743 e. The van der Waals surface area contributed by atoms with Crippen LogP contribution in [0, 0.1) is 0 Å². The van der Waals surface area contributed by atoms with E-state index in [1.807, 2.05) is 0 Å². The zero-order valence-electron chi connectivity index (χ0n) is 7.97. The molecule has 0 aromatic carbocycles. The molecule has 2 heteroatoms. The molecule has 72 valence electrons. The lowest BCUT2D eigenvalue weighted by atomic mass is 10.2. The number of nitrogens with two attached hydrogens (primary N) is 2. The second-order valence-corrected chi connectivity index (χ2v) is 3.04. The number of rotatable bonds is 8. The summed E-state index contributed by atoms with van der Waals surface area (Å²) in [5.41, 5.74) is 10.7. The highest BCUT2D eigenvalue weighted by Gasteiger charge is 1.84. The molecule has 0 radical (unpaired) electrons. The molecule has 0 saturated heterocycles. The maximum atomic E-state index is 5.38. The minimum Gasteiger partial charge on any atom is -0.330 e. The molecule has 0 saturated carbocycles. The molecule has 12 heavy (non-hydrogen) atoms. The van der Waals surface area contributed by atoms with Crippen LogP contribution in [-0.4, -0.2) is 13.1 Å². The summed E-state index contributed by atoms with van der Waals surface area (Å²) in [7, 11) is 0. The highest BCUT2D eigenvalue weighted by molar-refractivity contribution is 4.81. The van der Waals surface area contributed by atoms with Crippen LogP contribution in [0.1, 0.15) is 38.5 Å². The van der Waals surface area contributed by atoms with Crippen LogP contribution >= 0.6 is 0 Å². The molecule has 0 aromatic rings. The first kappa shape index (κ1) is 11.7. The van der Waals surface area contributed by atoms with Gasteiger partial charge in [-0.15, -0.1) is 0 Å². The van der Waals surface area contributed by atoms with Gasteiger partial charge in [-0.05, 0) is 45.2 Å². The van der Waals surface area contributed by atoms with Gasteiger partial charge in [0.25, 0.3) is 0 Å². The summed E-state index contributed by atoms with van der Waals surface area (Å²) in [5.74, 6) is 0. The molecule has 0 unspecified atom stereocenters. The summed E-state index contributed by atoms with van der Waals surface area (Å²) in [5, 5.41) is 0. The molecule has 0 rings (SSSR count). The Labute approximate surface area is 76.0 Å². The Bertz CT molecular complexity index is 100. The van der Waals surface area contributed by atoms with Crippen LogP contribution in [0.3, 0.4) is 0 Å². The van der Waals surface area contributed by atoms with E-state index < -0.39 is 0 Å². The molecule has 0 bridgehead atoms. The molecule has 0 aliphatic carbocycles. The highest BCUT2D eigenvalue weighted by Crippen LogP contribution is 2.00. The molecular formula is C10H22N2. The minimum atomic E-state index is 0.803. The average molecular weight is 170 g/mol. The first-order chi connectivity index (χ1) is 5.91. The summed E-state index contributed by atoms with van der Waals surface area (Å²) in [4.78, 5) is 0. The van der Waals surface area contributed by atoms with E-state index in [2.05, 4.69) is 12.2 Å². The van der Waals surface area contributed by atoms with Crippen molar-refractivity contribution in [3.63, 3.8) is 0 Å². The van der Waals surface area contributed by atoms with Crippen molar-refractivity contribution in [3.05, 3.63) is 12.2 Å². The Morgan fingerprint density at radius 3 is 1.83 bits per heavy atom. The van der Waals surface area contributed by atoms with E-state index in [0.29, 0.717) is 0 Å². The molecule has 4 N–H and O–H groups in total. The van der Waals surface area contributed by atoms with Gasteiger partial charge in [0, 0.05) is 0 Å². The maximum absolute atomic E-state index is 5.38. The second kappa shape index (κ2) is 10.7. The van der Waals surface area contributed by atoms with Crippen molar-refractivity contribution < 1.29 is 0 Å². The van der Waals surface area contributed by atoms with Crippen molar-refractivity contribution in [3.8, 4) is 0 Å². The van der Waals surface area contributed by atoms with Gasteiger partial charge in [0.15, 0.2) is 0 Å². The molecule has 0 atom stereocenters. The third-order valence-corrected chi connectivity index (χ3v) is 1.82. The van der Waals surface area contributed by atoms with Crippen molar-refractivity contribution >= 4 is 0 Å². The second-order valence-electron chi connectivity index (χ2n) is 3.04. The van der Waals surface area contributed by atoms with E-state index in [1.54, 1.807) is 0 Å². The summed E-state index contributed by atoms with van der Waals surface area (Å²) in [6, 6.07) is 0. The van der Waals surface area contributed by atoms with Crippen LogP contribution in [0.5, 0.6) is 0 Å². The summed E-state index contributed by atoms with van der Waals surface area (Å²) in [6.07, 6.45) is 11.6. The number of hydrogen-bond donors (Lipinski definition) is 2. The summed E-state index contributed by atoms with van der Waals surface area (Å²) in [6.45, 7) is 1.63. The van der Waals surface area contributed by atoms with Crippen LogP contribution in [-0.2, 0) is 0 Å². The number of hydrogen-bond acceptors (Lipinski definition) is 2. The van der Waals surface area contributed by atoms with Crippen molar-refractivity contribution in [2.45, 2.75) is 38.5 Å². The molecule has 0 amide bonds. The van der Waals surface area contributed by atoms with E-state index in [0.717, 1.165) is 32.4 Å². The molecule has 0 heterocycles. The van der Waals surface area contributed by atoms with Gasteiger partial charge < -0.3 is 11.5 Å². The standard InChI is InChI=1S/C10H22N2/c11-9-7-5-3-1-2-4-6-8-10-12/h1,3H,2,4-12H2. The largest absolute Gasteiger partial charge is 0.330 e. The Morgan fingerprint density at radius 2 is 1.25 bits per heavy atom. The third kappa shape index (κ3) is 9.66. The van der Waals surface area contributed by atoms with Gasteiger partial charge in [-0.1, -0.05) is 18.6 Å². The Hall–Kier alpha value is -0.340. The maximum Gasteiger partial charge on any atom is -0.00743 e. The molecule has 0 aliphatic heterocycles. The lowest BCUT2D eigenvalue weighted by Gasteiger charge is -1.94. The number of allylic oxidation sites excluding steroid dienone is 2. The Kier molecular flexibility index (Phi) is 10.4. The SMILES string of the molecule is NCCCC=CCCCCCN. The van der Waals surface area contributed by atoms with E-state index in [9.17, 15) is 0 Å². The van der Waals surface area contributed by atoms with Crippen LogP contribution in [0.2, 0.25) is 0 Å². The van der Waals surface area contributed by atoms with Crippen molar-refractivity contribution in [1.82, 2.24) is 0 Å². The number of unbranched alkanes of at least 4 members (excludes halogenated alkanes) is 4. The van der Waals surface area contributed by atoms with E-state index >= 15 is 0 Å². The van der Waals surface area contributed by atoms with Crippen LogP contribution in [0.25, 0.3) is 0 Å². The van der Waals surface area contributed by atoms with Crippen LogP contribution < -0.4 is 11.5 Å². The van der Waals surface area contributed by atoms with Crippen molar-refractivity contribution in [2.75, 3.05) is 13.1 Å². The zero-order chi connectivity index (χ0) is 9.07. The zero-order valence-corrected chi connectivity index (χ0v) is 7.97. The van der Waals surface area contributed by atoms with Gasteiger partial charge in [-0.25, -0.2) is 0 Å². The summed E-state index contributed by atoms with van der Waals surface area (Å²) >= 11 is 0. The van der Waals surface area contributed by atoms with Crippen molar-refractivity contribution in [1.29, 1.82) is 0 Å². The normalized spacial score (nSPS) is 11.2. The highest BCUT2D eigenvalue weighted by atomic mass is 14.5. The van der Waals surface area contributed by atoms with Gasteiger partial charge in [-0.2, -0.15) is 0 Å². The Balaban J connectivity index is 2.92. The van der Waals surface area contributed by atoms with E-state index in [-0.39, 0.29) is 0 Å². The quantitative estimate of drug-likeness (QED) is 0.431. The monoisotopic (exact) mass is 170 g/mol. The fourth-order valence-corrected chi connectivity index (χ4v) is 1.05. The van der Waals surface area contributed by atoms with Gasteiger partial charge in [0.1, 0.15) is 0 Å². The fraction of sp³-hybridized carbons (Fsp3) is 0.800. The van der Waals surface area contributed by atoms with E-state index in [1.165, 1.54) is 19.3 Å². The lowest BCUT2D eigenvalue weighted by Crippen LogP contribution is -1.97. The summed E-state index contributed by atoms with van der Waals surface area (Å²) < 4.78 is 0. The van der Waals surface area contributed by atoms with E-state index in [4.69, 9.17) is 11.5 Å². The molecule has 2 nitrogen and oxygen atoms in total. The average Bonchev–Trinajstić information content (AvgIpc) is 2.10. The van der Waals surface area contributed by atoms with Gasteiger partial charge >= 0.3 is 0 Å². The third-order valence-electron chi connectivity index (χ3n) is 1.82. The molecule has 0 spiro atoms. The predicted molar refractivity (Wildman–Crippen MR) is 55.0 cm³/mol. The van der Waals surface area contributed by atoms with Gasteiger partial charge in [0.05, 0.1) is 0 Å². The first-order valence-electron chi connectivity index (χ1n) is 4.97. The van der Waals surface area contributed by atoms with Gasteiger partial charge in [-0.3, -0.25) is 0 Å². The molecule has 0 aromatic heterocycles. The van der Waals surface area contributed by atoms with Crippen molar-refractivity contribution in [2.24, 2.45) is 11.5 Å². The molecule has 0 aliphatic rings. The minimum absolute atomic E-state index is 0.803. The fourth-order valence-electron chi connectivity index (χ4n) is 1.05. The molecule has 0 fully saturated rings. The van der Waals surface area contributed by atoms with Gasteiger partial charge in [0.2, 0.25) is 0 Å². The predicted octanol–water partition coefficient (Wildman–Crippen LogP) is 1.80.